The first-order valence-electron chi connectivity index (χ1n) is 4.24. The first-order chi connectivity index (χ1) is 7.13. The Hall–Kier alpha value is -0.970. The summed E-state index contributed by atoms with van der Waals surface area (Å²) in [4.78, 5) is 11.2. The molecule has 1 rings (SSSR count). The van der Waals surface area contributed by atoms with Crippen LogP contribution in [0.15, 0.2) is 18.2 Å². The van der Waals surface area contributed by atoms with Gasteiger partial charge in [-0.3, -0.25) is 0 Å². The molecule has 15 heavy (non-hydrogen) atoms. The van der Waals surface area contributed by atoms with E-state index >= 15 is 0 Å². The molecule has 0 aromatic heterocycles. The smallest absolute Gasteiger partial charge is 0.319 e. The fourth-order valence-electron chi connectivity index (χ4n) is 0.919. The minimum atomic E-state index is -0.401. The second-order valence-electron chi connectivity index (χ2n) is 2.73. The third-order valence-corrected chi connectivity index (χ3v) is 2.31. The lowest BCUT2D eigenvalue weighted by molar-refractivity contribution is 0.245. The van der Waals surface area contributed by atoms with E-state index in [2.05, 4.69) is 10.6 Å². The van der Waals surface area contributed by atoms with E-state index in [-0.39, 0.29) is 13.2 Å². The predicted octanol–water partition coefficient (Wildman–Crippen LogP) is 2.11. The van der Waals surface area contributed by atoms with Gasteiger partial charge in [-0.15, -0.1) is 0 Å². The number of aliphatic hydroxyl groups is 1. The Morgan fingerprint density at radius 1 is 1.33 bits per heavy atom. The minimum absolute atomic E-state index is 0.102. The van der Waals surface area contributed by atoms with Gasteiger partial charge in [0.25, 0.3) is 0 Å². The highest BCUT2D eigenvalue weighted by Gasteiger charge is 2.02. The normalized spacial score (nSPS) is 9.80. The summed E-state index contributed by atoms with van der Waals surface area (Å²) in [6.07, 6.45) is 0. The van der Waals surface area contributed by atoms with Crippen LogP contribution < -0.4 is 10.6 Å². The van der Waals surface area contributed by atoms with Crippen LogP contribution in [0.1, 0.15) is 0 Å². The van der Waals surface area contributed by atoms with Crippen LogP contribution in [0.25, 0.3) is 0 Å². The molecule has 6 heteroatoms. The third kappa shape index (κ3) is 3.95. The first kappa shape index (κ1) is 12.1. The van der Waals surface area contributed by atoms with Crippen LogP contribution >= 0.6 is 23.2 Å². The SMILES string of the molecule is O=C(NCCO)Nc1ccc(Cl)c(Cl)c1. The van der Waals surface area contributed by atoms with Crippen molar-refractivity contribution in [1.29, 1.82) is 0 Å². The molecule has 0 bridgehead atoms. The van der Waals surface area contributed by atoms with Crippen LogP contribution in [-0.4, -0.2) is 24.3 Å². The number of hydrogen-bond acceptors (Lipinski definition) is 2. The molecule has 0 saturated carbocycles. The second kappa shape index (κ2) is 5.80. The van der Waals surface area contributed by atoms with Gasteiger partial charge in [-0.1, -0.05) is 23.2 Å². The first-order valence-corrected chi connectivity index (χ1v) is 5.00. The van der Waals surface area contributed by atoms with Crippen molar-refractivity contribution in [3.05, 3.63) is 28.2 Å². The maximum absolute atomic E-state index is 11.2. The average Bonchev–Trinajstić information content (AvgIpc) is 2.20. The molecule has 0 spiro atoms. The van der Waals surface area contributed by atoms with Crippen molar-refractivity contribution in [2.45, 2.75) is 0 Å². The highest BCUT2D eigenvalue weighted by atomic mass is 35.5. The van der Waals surface area contributed by atoms with Gasteiger partial charge >= 0.3 is 6.03 Å². The number of carbonyl (C=O) groups excluding carboxylic acids is 1. The van der Waals surface area contributed by atoms with Crippen molar-refractivity contribution in [3.63, 3.8) is 0 Å². The number of urea groups is 1. The zero-order chi connectivity index (χ0) is 11.3. The molecule has 0 heterocycles. The maximum Gasteiger partial charge on any atom is 0.319 e. The van der Waals surface area contributed by atoms with E-state index in [1.54, 1.807) is 18.2 Å². The molecule has 0 unspecified atom stereocenters. The van der Waals surface area contributed by atoms with Gasteiger partial charge in [-0.2, -0.15) is 0 Å². The van der Waals surface area contributed by atoms with Crippen molar-refractivity contribution >= 4 is 34.9 Å². The third-order valence-electron chi connectivity index (χ3n) is 1.57. The van der Waals surface area contributed by atoms with E-state index in [0.717, 1.165) is 0 Å². The van der Waals surface area contributed by atoms with E-state index in [1.807, 2.05) is 0 Å². The molecule has 0 aliphatic carbocycles. The highest BCUT2D eigenvalue weighted by Crippen LogP contribution is 2.24. The van der Waals surface area contributed by atoms with E-state index < -0.39 is 6.03 Å². The lowest BCUT2D eigenvalue weighted by atomic mass is 10.3. The lowest BCUT2D eigenvalue weighted by Gasteiger charge is -2.06. The van der Waals surface area contributed by atoms with Gasteiger partial charge in [-0.25, -0.2) is 4.79 Å². The van der Waals surface area contributed by atoms with Gasteiger partial charge in [0.05, 0.1) is 16.7 Å². The summed E-state index contributed by atoms with van der Waals surface area (Å²) < 4.78 is 0. The van der Waals surface area contributed by atoms with Crippen molar-refractivity contribution < 1.29 is 9.90 Å². The molecular formula is C9H10Cl2N2O2. The lowest BCUT2D eigenvalue weighted by Crippen LogP contribution is -2.30. The van der Waals surface area contributed by atoms with E-state index in [9.17, 15) is 4.79 Å². The summed E-state index contributed by atoms with van der Waals surface area (Å²) in [7, 11) is 0. The zero-order valence-corrected chi connectivity index (χ0v) is 9.27. The van der Waals surface area contributed by atoms with Crippen molar-refractivity contribution in [2.24, 2.45) is 0 Å². The molecule has 0 saturated heterocycles. The van der Waals surface area contributed by atoms with Crippen molar-refractivity contribution in [2.75, 3.05) is 18.5 Å². The van der Waals surface area contributed by atoms with Crippen LogP contribution in [0.2, 0.25) is 10.0 Å². The van der Waals surface area contributed by atoms with Gasteiger partial charge in [-0.05, 0) is 18.2 Å². The fourth-order valence-corrected chi connectivity index (χ4v) is 1.22. The van der Waals surface area contributed by atoms with Crippen LogP contribution in [-0.2, 0) is 0 Å². The summed E-state index contributed by atoms with van der Waals surface area (Å²) >= 11 is 11.5. The molecule has 4 nitrogen and oxygen atoms in total. The van der Waals surface area contributed by atoms with Crippen LogP contribution in [0.3, 0.4) is 0 Å². The van der Waals surface area contributed by atoms with Crippen LogP contribution in [0.5, 0.6) is 0 Å². The number of benzene rings is 1. The van der Waals surface area contributed by atoms with E-state index in [1.165, 1.54) is 0 Å². The van der Waals surface area contributed by atoms with Gasteiger partial charge in [0, 0.05) is 12.2 Å². The maximum atomic E-state index is 11.2. The predicted molar refractivity (Wildman–Crippen MR) is 60.6 cm³/mol. The number of carbonyl (C=O) groups is 1. The summed E-state index contributed by atoms with van der Waals surface area (Å²) in [5.41, 5.74) is 0.542. The number of rotatable bonds is 3. The van der Waals surface area contributed by atoms with Crippen LogP contribution in [0.4, 0.5) is 10.5 Å². The summed E-state index contributed by atoms with van der Waals surface area (Å²) in [5.74, 6) is 0. The fraction of sp³-hybridized carbons (Fsp3) is 0.222. The molecule has 1 aromatic rings. The molecule has 2 amide bonds. The van der Waals surface area contributed by atoms with Gasteiger partial charge in [0.2, 0.25) is 0 Å². The number of nitrogens with one attached hydrogen (secondary N) is 2. The molecule has 0 aliphatic heterocycles. The summed E-state index contributed by atoms with van der Waals surface area (Å²) in [6.45, 7) is 0.0992. The average molecular weight is 249 g/mol. The molecule has 0 radical (unpaired) electrons. The Kier molecular flexibility index (Phi) is 4.68. The molecule has 1 aromatic carbocycles. The number of hydrogen-bond donors (Lipinski definition) is 3. The Morgan fingerprint density at radius 2 is 2.07 bits per heavy atom. The molecule has 82 valence electrons. The quantitative estimate of drug-likeness (QED) is 0.768. The largest absolute Gasteiger partial charge is 0.395 e. The summed E-state index contributed by atoms with van der Waals surface area (Å²) in [5, 5.41) is 14.3. The Bertz CT molecular complexity index is 358. The highest BCUT2D eigenvalue weighted by molar-refractivity contribution is 6.42. The molecule has 3 N–H and O–H groups in total. The molecule has 0 aliphatic rings. The standard InChI is InChI=1S/C9H10Cl2N2O2/c10-7-2-1-6(5-8(7)11)13-9(15)12-3-4-14/h1-2,5,14H,3-4H2,(H2,12,13,15). The van der Waals surface area contributed by atoms with Crippen molar-refractivity contribution in [1.82, 2.24) is 5.32 Å². The number of halogens is 2. The Labute approximate surface area is 97.2 Å². The minimum Gasteiger partial charge on any atom is -0.395 e. The number of amides is 2. The van der Waals surface area contributed by atoms with Crippen molar-refractivity contribution in [3.8, 4) is 0 Å². The van der Waals surface area contributed by atoms with Gasteiger partial charge in [0.1, 0.15) is 0 Å². The summed E-state index contributed by atoms with van der Waals surface area (Å²) in [6, 6.07) is 4.36. The number of anilines is 1. The monoisotopic (exact) mass is 248 g/mol. The van der Waals surface area contributed by atoms with E-state index in [4.69, 9.17) is 28.3 Å². The molecular weight excluding hydrogens is 239 g/mol. The van der Waals surface area contributed by atoms with Gasteiger partial charge < -0.3 is 15.7 Å². The zero-order valence-electron chi connectivity index (χ0n) is 7.76. The van der Waals surface area contributed by atoms with Crippen LogP contribution in [0, 0.1) is 0 Å². The topological polar surface area (TPSA) is 61.4 Å². The second-order valence-corrected chi connectivity index (χ2v) is 3.55. The number of aliphatic hydroxyl groups excluding tert-OH is 1. The molecule has 0 fully saturated rings. The Balaban J connectivity index is 2.57. The molecule has 0 atom stereocenters. The van der Waals surface area contributed by atoms with Gasteiger partial charge in [0.15, 0.2) is 0 Å². The van der Waals surface area contributed by atoms with E-state index in [0.29, 0.717) is 15.7 Å². The Morgan fingerprint density at radius 3 is 2.67 bits per heavy atom.